The Morgan fingerprint density at radius 3 is 2.52 bits per heavy atom. The number of nitrogens with one attached hydrogen (secondary N) is 2. The molecular formula is C19H21F4N5O3. The van der Waals surface area contributed by atoms with Gasteiger partial charge in [-0.1, -0.05) is 6.92 Å². The van der Waals surface area contributed by atoms with Crippen LogP contribution in [0.3, 0.4) is 0 Å². The first-order valence-electron chi connectivity index (χ1n) is 9.27. The van der Waals surface area contributed by atoms with Crippen molar-refractivity contribution >= 4 is 17.6 Å². The molecule has 2 rings (SSSR count). The third-order valence-corrected chi connectivity index (χ3v) is 4.02. The molecule has 2 N–H and O–H groups in total. The quantitative estimate of drug-likeness (QED) is 0.547. The number of alkyl halides is 4. The number of halogens is 4. The van der Waals surface area contributed by atoms with Crippen LogP contribution in [0.5, 0.6) is 5.88 Å². The van der Waals surface area contributed by atoms with Crippen molar-refractivity contribution < 1.29 is 31.9 Å². The van der Waals surface area contributed by atoms with Crippen LogP contribution in [0.15, 0.2) is 30.5 Å². The zero-order chi connectivity index (χ0) is 23.0. The number of ether oxygens (including phenoxy) is 1. The number of rotatable bonds is 10. The van der Waals surface area contributed by atoms with Crippen LogP contribution in [0.4, 0.5) is 23.4 Å². The standard InChI is InChI=1S/C19H21F4N5O3/c1-3-15(29)26-14-8-12(6-7-24-14)11(2)25-16(30)9-13-4-5-17(28-27-13)31-10-19(22,23)18(20)21/h4-8,11,18H,3,9-10H2,1-2H3,(H,25,30)(H,24,26,29). The molecule has 8 nitrogen and oxygen atoms in total. The van der Waals surface area contributed by atoms with Crippen molar-refractivity contribution in [3.63, 3.8) is 0 Å². The van der Waals surface area contributed by atoms with Gasteiger partial charge in [0.05, 0.1) is 18.2 Å². The lowest BCUT2D eigenvalue weighted by atomic mass is 10.1. The van der Waals surface area contributed by atoms with Crippen molar-refractivity contribution in [1.29, 1.82) is 0 Å². The maximum absolute atomic E-state index is 12.8. The van der Waals surface area contributed by atoms with Gasteiger partial charge in [-0.15, -0.1) is 5.10 Å². The third kappa shape index (κ3) is 7.46. The first-order chi connectivity index (χ1) is 14.6. The minimum absolute atomic E-state index is 0.157. The van der Waals surface area contributed by atoms with Crippen LogP contribution in [-0.2, 0) is 16.0 Å². The van der Waals surface area contributed by atoms with E-state index in [0.29, 0.717) is 17.8 Å². The fraction of sp³-hybridized carbons (Fsp3) is 0.421. The molecule has 0 aromatic carbocycles. The second-order valence-corrected chi connectivity index (χ2v) is 6.56. The molecule has 0 aliphatic rings. The summed E-state index contributed by atoms with van der Waals surface area (Å²) in [6, 6.07) is 5.40. The number of anilines is 1. The van der Waals surface area contributed by atoms with Gasteiger partial charge in [-0.2, -0.15) is 13.9 Å². The SMILES string of the molecule is CCC(=O)Nc1cc(C(C)NC(=O)Cc2ccc(OCC(F)(F)C(F)F)nn2)ccn1. The topological polar surface area (TPSA) is 106 Å². The summed E-state index contributed by atoms with van der Waals surface area (Å²) < 4.78 is 54.4. The van der Waals surface area contributed by atoms with Crippen molar-refractivity contribution in [1.82, 2.24) is 20.5 Å². The van der Waals surface area contributed by atoms with Gasteiger partial charge in [-0.3, -0.25) is 9.59 Å². The Labute approximate surface area is 175 Å². The average molecular weight is 443 g/mol. The highest BCUT2D eigenvalue weighted by molar-refractivity contribution is 5.89. The molecule has 0 fully saturated rings. The third-order valence-electron chi connectivity index (χ3n) is 4.02. The number of carbonyl (C=O) groups is 2. The van der Waals surface area contributed by atoms with E-state index in [2.05, 4.69) is 30.6 Å². The summed E-state index contributed by atoms with van der Waals surface area (Å²) in [5, 5.41) is 12.6. The summed E-state index contributed by atoms with van der Waals surface area (Å²) in [6.45, 7) is 1.91. The highest BCUT2D eigenvalue weighted by Crippen LogP contribution is 2.23. The number of hydrogen-bond acceptors (Lipinski definition) is 6. The molecule has 12 heteroatoms. The molecular weight excluding hydrogens is 422 g/mol. The Kier molecular flexibility index (Phi) is 8.22. The van der Waals surface area contributed by atoms with Gasteiger partial charge in [0, 0.05) is 18.7 Å². The number of amides is 2. The van der Waals surface area contributed by atoms with E-state index in [9.17, 15) is 27.2 Å². The Morgan fingerprint density at radius 2 is 1.90 bits per heavy atom. The first-order valence-corrected chi connectivity index (χ1v) is 9.27. The van der Waals surface area contributed by atoms with Gasteiger partial charge in [0.15, 0.2) is 6.61 Å². The predicted octanol–water partition coefficient (Wildman–Crippen LogP) is 2.92. The van der Waals surface area contributed by atoms with Gasteiger partial charge in [0.2, 0.25) is 17.7 Å². The molecule has 0 saturated carbocycles. The molecule has 2 aromatic rings. The molecule has 0 spiro atoms. The lowest BCUT2D eigenvalue weighted by molar-refractivity contribution is -0.148. The maximum atomic E-state index is 12.8. The van der Waals surface area contributed by atoms with E-state index in [1.165, 1.54) is 12.3 Å². The summed E-state index contributed by atoms with van der Waals surface area (Å²) in [5.41, 5.74) is 0.938. The summed E-state index contributed by atoms with van der Waals surface area (Å²) >= 11 is 0. The zero-order valence-electron chi connectivity index (χ0n) is 16.7. The second kappa shape index (κ2) is 10.6. The van der Waals surface area contributed by atoms with Crippen LogP contribution < -0.4 is 15.4 Å². The van der Waals surface area contributed by atoms with E-state index in [-0.39, 0.29) is 23.9 Å². The van der Waals surface area contributed by atoms with E-state index in [1.807, 2.05) is 0 Å². The van der Waals surface area contributed by atoms with E-state index >= 15 is 0 Å². The number of aromatic nitrogens is 3. The number of carbonyl (C=O) groups excluding carboxylic acids is 2. The highest BCUT2D eigenvalue weighted by atomic mass is 19.3. The molecule has 2 amide bonds. The Hall–Kier alpha value is -3.31. The highest BCUT2D eigenvalue weighted by Gasteiger charge is 2.41. The molecule has 168 valence electrons. The predicted molar refractivity (Wildman–Crippen MR) is 102 cm³/mol. The van der Waals surface area contributed by atoms with Gasteiger partial charge in [-0.05, 0) is 30.7 Å². The largest absolute Gasteiger partial charge is 0.470 e. The lowest BCUT2D eigenvalue weighted by Gasteiger charge is -2.16. The van der Waals surface area contributed by atoms with E-state index in [1.54, 1.807) is 26.0 Å². The smallest absolute Gasteiger partial charge is 0.340 e. The fourth-order valence-electron chi connectivity index (χ4n) is 2.31. The van der Waals surface area contributed by atoms with Crippen LogP contribution in [0, 0.1) is 0 Å². The van der Waals surface area contributed by atoms with Crippen LogP contribution >= 0.6 is 0 Å². The Balaban J connectivity index is 1.89. The minimum Gasteiger partial charge on any atom is -0.470 e. The summed E-state index contributed by atoms with van der Waals surface area (Å²) in [5.74, 6) is -4.88. The normalized spacial score (nSPS) is 12.4. The number of nitrogens with zero attached hydrogens (tertiary/aromatic N) is 3. The first kappa shape index (κ1) is 24.0. The molecule has 1 atom stereocenters. The summed E-state index contributed by atoms with van der Waals surface area (Å²) in [7, 11) is 0. The molecule has 1 unspecified atom stereocenters. The Morgan fingerprint density at radius 1 is 1.16 bits per heavy atom. The summed E-state index contributed by atoms with van der Waals surface area (Å²) in [4.78, 5) is 27.8. The summed E-state index contributed by atoms with van der Waals surface area (Å²) in [6.07, 6.45) is -2.21. The van der Waals surface area contributed by atoms with E-state index in [0.717, 1.165) is 6.07 Å². The van der Waals surface area contributed by atoms with Crippen molar-refractivity contribution in [2.24, 2.45) is 0 Å². The molecule has 0 aliphatic carbocycles. The monoisotopic (exact) mass is 443 g/mol. The maximum Gasteiger partial charge on any atom is 0.340 e. The van der Waals surface area contributed by atoms with Crippen LogP contribution in [0.1, 0.15) is 37.6 Å². The van der Waals surface area contributed by atoms with Gasteiger partial charge in [-0.25, -0.2) is 13.8 Å². The molecule has 0 bridgehead atoms. The minimum atomic E-state index is -4.30. The zero-order valence-corrected chi connectivity index (χ0v) is 16.7. The van der Waals surface area contributed by atoms with E-state index < -0.39 is 30.9 Å². The molecule has 0 saturated heterocycles. The van der Waals surface area contributed by atoms with Gasteiger partial charge in [0.25, 0.3) is 0 Å². The van der Waals surface area contributed by atoms with Gasteiger partial charge in [0.1, 0.15) is 5.82 Å². The fourth-order valence-corrected chi connectivity index (χ4v) is 2.31. The number of pyridine rings is 1. The molecule has 0 aliphatic heterocycles. The Bertz CT molecular complexity index is 896. The number of hydrogen-bond donors (Lipinski definition) is 2. The molecule has 2 heterocycles. The average Bonchev–Trinajstić information content (AvgIpc) is 2.73. The van der Waals surface area contributed by atoms with Crippen LogP contribution in [-0.4, -0.2) is 46.0 Å². The van der Waals surface area contributed by atoms with E-state index in [4.69, 9.17) is 0 Å². The van der Waals surface area contributed by atoms with Crippen molar-refractivity contribution in [3.8, 4) is 5.88 Å². The van der Waals surface area contributed by atoms with Crippen LogP contribution in [0.25, 0.3) is 0 Å². The van der Waals surface area contributed by atoms with Gasteiger partial charge >= 0.3 is 12.3 Å². The molecule has 2 aromatic heterocycles. The molecule has 31 heavy (non-hydrogen) atoms. The van der Waals surface area contributed by atoms with Crippen LogP contribution in [0.2, 0.25) is 0 Å². The second-order valence-electron chi connectivity index (χ2n) is 6.56. The van der Waals surface area contributed by atoms with Crippen molar-refractivity contribution in [2.75, 3.05) is 11.9 Å². The van der Waals surface area contributed by atoms with Gasteiger partial charge < -0.3 is 15.4 Å². The van der Waals surface area contributed by atoms with Crippen molar-refractivity contribution in [2.45, 2.75) is 45.1 Å². The van der Waals surface area contributed by atoms with Crippen molar-refractivity contribution in [3.05, 3.63) is 41.7 Å². The molecule has 0 radical (unpaired) electrons. The lowest BCUT2D eigenvalue weighted by Crippen LogP contribution is -2.34.